The van der Waals surface area contributed by atoms with Gasteiger partial charge in [-0.05, 0) is 24.3 Å². The Morgan fingerprint density at radius 1 is 1.20 bits per heavy atom. The lowest BCUT2D eigenvalue weighted by atomic mass is 10.2. The summed E-state index contributed by atoms with van der Waals surface area (Å²) >= 11 is 3.21. The molecule has 0 unspecified atom stereocenters. The lowest BCUT2D eigenvalue weighted by Crippen LogP contribution is -2.37. The van der Waals surface area contributed by atoms with Crippen molar-refractivity contribution in [3.8, 4) is 5.75 Å². The fourth-order valence-electron chi connectivity index (χ4n) is 2.39. The lowest BCUT2D eigenvalue weighted by Gasteiger charge is -2.09. The summed E-state index contributed by atoms with van der Waals surface area (Å²) in [6.07, 6.45) is 1.27. The molecule has 1 aromatic carbocycles. The number of aromatic nitrogens is 3. The van der Waals surface area contributed by atoms with Crippen LogP contribution in [-0.2, 0) is 14.1 Å². The van der Waals surface area contributed by atoms with Crippen LogP contribution >= 0.6 is 15.9 Å². The normalized spacial score (nSPS) is 10.8. The van der Waals surface area contributed by atoms with Crippen LogP contribution in [0.2, 0.25) is 0 Å². The van der Waals surface area contributed by atoms with Gasteiger partial charge in [0.2, 0.25) is 0 Å². The van der Waals surface area contributed by atoms with E-state index in [0.29, 0.717) is 4.47 Å². The number of phenols is 1. The zero-order valence-corrected chi connectivity index (χ0v) is 14.9. The number of pyridine rings is 1. The fraction of sp³-hybridized carbons (Fsp3) is 0.125. The first-order valence-electron chi connectivity index (χ1n) is 7.15. The number of carbonyl (C=O) groups excluding carboxylic acids is 1. The SMILES string of the molecule is Cn1c(=O)c2cc(C(=O)Nc3ccc(Br)cc3O)cnc2n(C)c1=O. The number of hydrogen-bond acceptors (Lipinski definition) is 5. The molecule has 3 aromatic rings. The molecule has 0 radical (unpaired) electrons. The quantitative estimate of drug-likeness (QED) is 0.627. The van der Waals surface area contributed by atoms with Crippen molar-refractivity contribution in [3.05, 3.63) is 61.3 Å². The second-order valence-corrected chi connectivity index (χ2v) is 6.33. The van der Waals surface area contributed by atoms with Crippen LogP contribution in [-0.4, -0.2) is 25.1 Å². The van der Waals surface area contributed by atoms with Crippen molar-refractivity contribution in [2.75, 3.05) is 5.32 Å². The minimum atomic E-state index is -0.539. The summed E-state index contributed by atoms with van der Waals surface area (Å²) in [7, 11) is 2.85. The number of phenolic OH excluding ortho intramolecular Hbond substituents is 1. The van der Waals surface area contributed by atoms with Crippen molar-refractivity contribution in [2.24, 2.45) is 14.1 Å². The number of amides is 1. The van der Waals surface area contributed by atoms with E-state index in [0.717, 1.165) is 4.57 Å². The van der Waals surface area contributed by atoms with Crippen molar-refractivity contribution < 1.29 is 9.90 Å². The van der Waals surface area contributed by atoms with E-state index in [2.05, 4.69) is 26.2 Å². The highest BCUT2D eigenvalue weighted by molar-refractivity contribution is 9.10. The molecule has 128 valence electrons. The molecule has 0 aliphatic rings. The number of halogens is 1. The number of nitrogens with one attached hydrogen (secondary N) is 1. The minimum absolute atomic E-state index is 0.102. The highest BCUT2D eigenvalue weighted by Crippen LogP contribution is 2.27. The van der Waals surface area contributed by atoms with Gasteiger partial charge in [0, 0.05) is 24.8 Å². The lowest BCUT2D eigenvalue weighted by molar-refractivity contribution is 0.102. The minimum Gasteiger partial charge on any atom is -0.506 e. The molecule has 0 fully saturated rings. The topological polar surface area (TPSA) is 106 Å². The van der Waals surface area contributed by atoms with E-state index in [4.69, 9.17) is 0 Å². The van der Waals surface area contributed by atoms with Gasteiger partial charge in [0.25, 0.3) is 11.5 Å². The fourth-order valence-corrected chi connectivity index (χ4v) is 2.74. The third-order valence-electron chi connectivity index (χ3n) is 3.76. The molecule has 0 bridgehead atoms. The number of rotatable bonds is 2. The molecule has 3 rings (SSSR count). The van der Waals surface area contributed by atoms with Gasteiger partial charge in [-0.2, -0.15) is 0 Å². The van der Waals surface area contributed by atoms with E-state index in [9.17, 15) is 19.5 Å². The third-order valence-corrected chi connectivity index (χ3v) is 4.26. The molecule has 0 atom stereocenters. The van der Waals surface area contributed by atoms with Crippen molar-refractivity contribution in [2.45, 2.75) is 0 Å². The molecule has 2 aromatic heterocycles. The van der Waals surface area contributed by atoms with Crippen molar-refractivity contribution in [3.63, 3.8) is 0 Å². The highest BCUT2D eigenvalue weighted by Gasteiger charge is 2.14. The summed E-state index contributed by atoms with van der Waals surface area (Å²) in [6.45, 7) is 0. The first-order chi connectivity index (χ1) is 11.8. The maximum absolute atomic E-state index is 12.4. The van der Waals surface area contributed by atoms with Gasteiger partial charge in [-0.1, -0.05) is 15.9 Å². The summed E-state index contributed by atoms with van der Waals surface area (Å²) in [5, 5.41) is 12.6. The second kappa shape index (κ2) is 6.17. The number of benzene rings is 1. The summed E-state index contributed by atoms with van der Waals surface area (Å²) in [4.78, 5) is 40.6. The Hall–Kier alpha value is -2.94. The van der Waals surface area contributed by atoms with Gasteiger partial charge in [-0.15, -0.1) is 0 Å². The molecule has 0 aliphatic heterocycles. The number of aromatic hydroxyl groups is 1. The number of anilines is 1. The van der Waals surface area contributed by atoms with Gasteiger partial charge in [-0.25, -0.2) is 9.78 Å². The van der Waals surface area contributed by atoms with Crippen LogP contribution in [0.3, 0.4) is 0 Å². The average Bonchev–Trinajstić information content (AvgIpc) is 2.60. The van der Waals surface area contributed by atoms with Crippen LogP contribution in [0.25, 0.3) is 11.0 Å². The van der Waals surface area contributed by atoms with Gasteiger partial charge in [0.1, 0.15) is 11.4 Å². The van der Waals surface area contributed by atoms with E-state index in [-0.39, 0.29) is 28.0 Å². The molecular weight excluding hydrogens is 392 g/mol. The second-order valence-electron chi connectivity index (χ2n) is 5.42. The number of aryl methyl sites for hydroxylation is 1. The Bertz CT molecular complexity index is 1130. The molecule has 0 aliphatic carbocycles. The van der Waals surface area contributed by atoms with E-state index >= 15 is 0 Å². The Balaban J connectivity index is 2.06. The molecule has 25 heavy (non-hydrogen) atoms. The van der Waals surface area contributed by atoms with Gasteiger partial charge in [0.15, 0.2) is 0 Å². The van der Waals surface area contributed by atoms with Crippen LogP contribution < -0.4 is 16.6 Å². The zero-order valence-electron chi connectivity index (χ0n) is 13.3. The molecule has 0 saturated heterocycles. The predicted octanol–water partition coefficient (Wildman–Crippen LogP) is 1.35. The van der Waals surface area contributed by atoms with Crippen LogP contribution in [0.15, 0.2) is 44.5 Å². The molecule has 8 nitrogen and oxygen atoms in total. The largest absolute Gasteiger partial charge is 0.506 e. The molecule has 9 heteroatoms. The van der Waals surface area contributed by atoms with E-state index in [1.54, 1.807) is 6.07 Å². The maximum Gasteiger partial charge on any atom is 0.332 e. The van der Waals surface area contributed by atoms with Gasteiger partial charge in [-0.3, -0.25) is 18.7 Å². The number of carbonyl (C=O) groups is 1. The van der Waals surface area contributed by atoms with Crippen molar-refractivity contribution in [1.82, 2.24) is 14.1 Å². The van der Waals surface area contributed by atoms with Crippen LogP contribution in [0.5, 0.6) is 5.75 Å². The van der Waals surface area contributed by atoms with Crippen molar-refractivity contribution in [1.29, 1.82) is 0 Å². The number of fused-ring (bicyclic) bond motifs is 1. The van der Waals surface area contributed by atoms with E-state index < -0.39 is 17.2 Å². The first kappa shape index (κ1) is 16.9. The molecular formula is C16H13BrN4O4. The molecule has 2 heterocycles. The van der Waals surface area contributed by atoms with Crippen LogP contribution in [0.1, 0.15) is 10.4 Å². The van der Waals surface area contributed by atoms with E-state index in [1.165, 1.54) is 43.1 Å². The van der Waals surface area contributed by atoms with Gasteiger partial charge < -0.3 is 10.4 Å². The average molecular weight is 405 g/mol. The Kier molecular flexibility index (Phi) is 4.17. The molecule has 2 N–H and O–H groups in total. The maximum atomic E-state index is 12.4. The summed E-state index contributed by atoms with van der Waals surface area (Å²) in [5.41, 5.74) is -0.489. The molecule has 0 spiro atoms. The number of nitrogens with zero attached hydrogens (tertiary/aromatic N) is 3. The third kappa shape index (κ3) is 2.93. The van der Waals surface area contributed by atoms with E-state index in [1.807, 2.05) is 0 Å². The Morgan fingerprint density at radius 2 is 1.92 bits per heavy atom. The monoisotopic (exact) mass is 404 g/mol. The van der Waals surface area contributed by atoms with Gasteiger partial charge in [0.05, 0.1) is 16.6 Å². The van der Waals surface area contributed by atoms with Crippen LogP contribution in [0.4, 0.5) is 5.69 Å². The zero-order chi connectivity index (χ0) is 18.3. The summed E-state index contributed by atoms with van der Waals surface area (Å²) in [5.74, 6) is -0.641. The predicted molar refractivity (Wildman–Crippen MR) is 96.0 cm³/mol. The number of hydrogen-bond donors (Lipinski definition) is 2. The summed E-state index contributed by atoms with van der Waals surface area (Å²) < 4.78 is 2.85. The molecule has 1 amide bonds. The highest BCUT2D eigenvalue weighted by atomic mass is 79.9. The van der Waals surface area contributed by atoms with Crippen LogP contribution in [0, 0.1) is 0 Å². The van der Waals surface area contributed by atoms with Gasteiger partial charge >= 0.3 is 5.69 Å². The van der Waals surface area contributed by atoms with Crippen molar-refractivity contribution >= 4 is 38.6 Å². The standard InChI is InChI=1S/C16H13BrN4O4/c1-20-13-10(15(24)21(2)16(20)25)5-8(7-18-13)14(23)19-11-4-3-9(17)6-12(11)22/h3-7,22H,1-2H3,(H,19,23). The molecule has 0 saturated carbocycles. The first-order valence-corrected chi connectivity index (χ1v) is 7.94. The smallest absolute Gasteiger partial charge is 0.332 e. The Labute approximate surface area is 149 Å². The summed E-state index contributed by atoms with van der Waals surface area (Å²) in [6, 6.07) is 6.02. The Morgan fingerprint density at radius 3 is 2.60 bits per heavy atom.